The van der Waals surface area contributed by atoms with Gasteiger partial charge in [0, 0.05) is 18.7 Å². The minimum absolute atomic E-state index is 0.0366. The molecule has 0 heterocycles. The SMILES string of the molecule is CCc1c(C)c(OCC(=O)N(CC)CC)c(C)c(C)c1OCCC[C@H](C)CCC[C@H](C)CCCC(C)C. The average Bonchev–Trinajstić information content (AvgIpc) is 2.85. The molecule has 0 aliphatic heterocycles. The second kappa shape index (κ2) is 17.7. The molecule has 4 nitrogen and oxygen atoms in total. The summed E-state index contributed by atoms with van der Waals surface area (Å²) in [5.74, 6) is 4.34. The molecule has 4 heteroatoms. The Hall–Kier alpha value is -1.71. The second-order valence-electron chi connectivity index (χ2n) is 11.7. The van der Waals surface area contributed by atoms with Crippen LogP contribution in [0.4, 0.5) is 0 Å². The molecule has 1 aromatic carbocycles. The Kier molecular flexibility index (Phi) is 16.0. The first kappa shape index (κ1) is 33.3. The standard InChI is InChI=1S/C33H59NO3/c1-11-30-29(10)32(37-23-31(35)34(12-2)13-3)27(8)28(9)33(30)36-22-16-21-26(7)20-15-19-25(6)18-14-17-24(4)5/h24-26H,11-23H2,1-10H3/t25-,26-/m1/s1. The third kappa shape index (κ3) is 11.3. The van der Waals surface area contributed by atoms with Gasteiger partial charge in [0.2, 0.25) is 0 Å². The molecule has 0 aliphatic carbocycles. The summed E-state index contributed by atoms with van der Waals surface area (Å²) >= 11 is 0. The predicted molar refractivity (Wildman–Crippen MR) is 159 cm³/mol. The van der Waals surface area contributed by atoms with Gasteiger partial charge in [-0.1, -0.05) is 73.1 Å². The van der Waals surface area contributed by atoms with Crippen LogP contribution in [-0.4, -0.2) is 37.1 Å². The largest absolute Gasteiger partial charge is 0.493 e. The molecule has 0 spiro atoms. The van der Waals surface area contributed by atoms with Crippen LogP contribution in [0, 0.1) is 38.5 Å². The number of nitrogens with zero attached hydrogens (tertiary/aromatic N) is 1. The van der Waals surface area contributed by atoms with Crippen molar-refractivity contribution < 1.29 is 14.3 Å². The number of likely N-dealkylation sites (N-methyl/N-ethyl adjacent to an activating group) is 1. The fourth-order valence-corrected chi connectivity index (χ4v) is 5.38. The van der Waals surface area contributed by atoms with E-state index in [1.54, 1.807) is 0 Å². The Morgan fingerprint density at radius 2 is 1.22 bits per heavy atom. The zero-order chi connectivity index (χ0) is 28.0. The smallest absolute Gasteiger partial charge is 0.260 e. The number of amides is 1. The summed E-state index contributed by atoms with van der Waals surface area (Å²) in [6.45, 7) is 24.2. The van der Waals surface area contributed by atoms with Gasteiger partial charge in [-0.2, -0.15) is 0 Å². The van der Waals surface area contributed by atoms with Crippen molar-refractivity contribution >= 4 is 5.91 Å². The first-order chi connectivity index (χ1) is 17.6. The fraction of sp³-hybridized carbons (Fsp3) is 0.788. The number of hydrogen-bond donors (Lipinski definition) is 0. The summed E-state index contributed by atoms with van der Waals surface area (Å²) in [4.78, 5) is 14.3. The van der Waals surface area contributed by atoms with E-state index < -0.39 is 0 Å². The molecule has 1 rings (SSSR count). The van der Waals surface area contributed by atoms with Gasteiger partial charge >= 0.3 is 0 Å². The summed E-state index contributed by atoms with van der Waals surface area (Å²) in [6, 6.07) is 0. The van der Waals surface area contributed by atoms with Gasteiger partial charge in [0.25, 0.3) is 5.91 Å². The van der Waals surface area contributed by atoms with Crippen LogP contribution in [0.2, 0.25) is 0 Å². The van der Waals surface area contributed by atoms with Gasteiger partial charge in [-0.05, 0) is 88.3 Å². The van der Waals surface area contributed by atoms with E-state index in [1.807, 2.05) is 18.7 Å². The van der Waals surface area contributed by atoms with Crippen LogP contribution < -0.4 is 9.47 Å². The highest BCUT2D eigenvalue weighted by atomic mass is 16.5. The van der Waals surface area contributed by atoms with Crippen LogP contribution in [0.3, 0.4) is 0 Å². The van der Waals surface area contributed by atoms with Crippen molar-refractivity contribution in [3.63, 3.8) is 0 Å². The number of carbonyl (C=O) groups excluding carboxylic acids is 1. The van der Waals surface area contributed by atoms with Crippen LogP contribution in [0.15, 0.2) is 0 Å². The molecule has 1 aromatic rings. The molecule has 37 heavy (non-hydrogen) atoms. The lowest BCUT2D eigenvalue weighted by atomic mass is 9.92. The van der Waals surface area contributed by atoms with E-state index in [4.69, 9.17) is 9.47 Å². The normalized spacial score (nSPS) is 13.1. The van der Waals surface area contributed by atoms with E-state index in [0.29, 0.717) is 13.1 Å². The maximum absolute atomic E-state index is 12.5. The molecule has 2 atom stereocenters. The fourth-order valence-electron chi connectivity index (χ4n) is 5.38. The number of ether oxygens (including phenoxy) is 2. The highest BCUT2D eigenvalue weighted by molar-refractivity contribution is 5.78. The molecule has 0 N–H and O–H groups in total. The van der Waals surface area contributed by atoms with Gasteiger partial charge in [0.1, 0.15) is 11.5 Å². The van der Waals surface area contributed by atoms with Crippen LogP contribution >= 0.6 is 0 Å². The summed E-state index contributed by atoms with van der Waals surface area (Å²) in [7, 11) is 0. The number of benzene rings is 1. The van der Waals surface area contributed by atoms with Gasteiger partial charge in [0.15, 0.2) is 6.61 Å². The lowest BCUT2D eigenvalue weighted by Crippen LogP contribution is -2.34. The highest BCUT2D eigenvalue weighted by Crippen LogP contribution is 2.38. The maximum Gasteiger partial charge on any atom is 0.260 e. The molecule has 0 unspecified atom stereocenters. The first-order valence-corrected chi connectivity index (χ1v) is 15.2. The van der Waals surface area contributed by atoms with Crippen molar-refractivity contribution in [3.05, 3.63) is 22.3 Å². The quantitative estimate of drug-likeness (QED) is 0.172. The Balaban J connectivity index is 2.59. The van der Waals surface area contributed by atoms with Crippen LogP contribution in [0.5, 0.6) is 11.5 Å². The van der Waals surface area contributed by atoms with E-state index >= 15 is 0 Å². The lowest BCUT2D eigenvalue weighted by Gasteiger charge is -2.24. The Morgan fingerprint density at radius 3 is 1.73 bits per heavy atom. The van der Waals surface area contributed by atoms with E-state index in [0.717, 1.165) is 65.4 Å². The summed E-state index contributed by atoms with van der Waals surface area (Å²) in [6.07, 6.45) is 11.4. The topological polar surface area (TPSA) is 38.8 Å². The van der Waals surface area contributed by atoms with Crippen molar-refractivity contribution in [1.82, 2.24) is 4.90 Å². The van der Waals surface area contributed by atoms with Crippen LogP contribution in [0.25, 0.3) is 0 Å². The molecular weight excluding hydrogens is 458 g/mol. The molecule has 0 aliphatic rings. The Morgan fingerprint density at radius 1 is 0.703 bits per heavy atom. The van der Waals surface area contributed by atoms with Gasteiger partial charge in [-0.15, -0.1) is 0 Å². The van der Waals surface area contributed by atoms with Crippen molar-refractivity contribution in [3.8, 4) is 11.5 Å². The van der Waals surface area contributed by atoms with E-state index in [-0.39, 0.29) is 12.5 Å². The van der Waals surface area contributed by atoms with Crippen molar-refractivity contribution in [2.45, 2.75) is 127 Å². The molecule has 0 fully saturated rings. The molecule has 0 saturated carbocycles. The first-order valence-electron chi connectivity index (χ1n) is 15.2. The number of hydrogen-bond acceptors (Lipinski definition) is 3. The maximum atomic E-state index is 12.5. The van der Waals surface area contributed by atoms with Crippen molar-refractivity contribution in [2.24, 2.45) is 17.8 Å². The van der Waals surface area contributed by atoms with Crippen molar-refractivity contribution in [2.75, 3.05) is 26.3 Å². The lowest BCUT2D eigenvalue weighted by molar-refractivity contribution is -0.132. The molecule has 0 aromatic heterocycles. The molecule has 214 valence electrons. The summed E-state index contributed by atoms with van der Waals surface area (Å²) < 4.78 is 12.5. The molecular formula is C33H59NO3. The highest BCUT2D eigenvalue weighted by Gasteiger charge is 2.20. The van der Waals surface area contributed by atoms with Gasteiger partial charge in [-0.25, -0.2) is 0 Å². The monoisotopic (exact) mass is 517 g/mol. The van der Waals surface area contributed by atoms with Gasteiger partial charge in [-0.3, -0.25) is 4.79 Å². The molecule has 1 amide bonds. The zero-order valence-electron chi connectivity index (χ0n) is 26.1. The minimum atomic E-state index is 0.0366. The predicted octanol–water partition coefficient (Wildman–Crippen LogP) is 8.85. The van der Waals surface area contributed by atoms with Crippen LogP contribution in [-0.2, 0) is 11.2 Å². The Bertz CT molecular complexity index is 797. The zero-order valence-corrected chi connectivity index (χ0v) is 26.1. The Labute approximate surface area is 229 Å². The average molecular weight is 518 g/mol. The number of carbonyl (C=O) groups is 1. The van der Waals surface area contributed by atoms with Crippen LogP contribution in [0.1, 0.15) is 122 Å². The molecule has 0 radical (unpaired) electrons. The third-order valence-corrected chi connectivity index (χ3v) is 8.08. The number of rotatable bonds is 19. The minimum Gasteiger partial charge on any atom is -0.493 e. The third-order valence-electron chi connectivity index (χ3n) is 8.08. The van der Waals surface area contributed by atoms with Gasteiger partial charge in [0.05, 0.1) is 6.61 Å². The summed E-state index contributed by atoms with van der Waals surface area (Å²) in [5.41, 5.74) is 4.51. The molecule has 0 bridgehead atoms. The van der Waals surface area contributed by atoms with Crippen molar-refractivity contribution in [1.29, 1.82) is 0 Å². The van der Waals surface area contributed by atoms with Gasteiger partial charge < -0.3 is 14.4 Å². The van der Waals surface area contributed by atoms with E-state index in [1.165, 1.54) is 50.5 Å². The summed E-state index contributed by atoms with van der Waals surface area (Å²) in [5, 5.41) is 0. The van der Waals surface area contributed by atoms with E-state index in [2.05, 4.69) is 55.4 Å². The second-order valence-corrected chi connectivity index (χ2v) is 11.7. The molecule has 0 saturated heterocycles. The van der Waals surface area contributed by atoms with E-state index in [9.17, 15) is 4.79 Å².